The molecule has 0 aliphatic heterocycles. The fraction of sp³-hybridized carbons (Fsp3) is 0.647. The van der Waals surface area contributed by atoms with E-state index in [1.165, 1.54) is 55.7 Å². The second-order valence-corrected chi connectivity index (χ2v) is 6.27. The first-order valence-corrected chi connectivity index (χ1v) is 8.76. The summed E-state index contributed by atoms with van der Waals surface area (Å²) in [6, 6.07) is 11.5. The largest absolute Gasteiger partial charge is 0.314 e. The van der Waals surface area contributed by atoms with Crippen molar-refractivity contribution in [2.24, 2.45) is 0 Å². The van der Waals surface area contributed by atoms with Gasteiger partial charge in [0.2, 0.25) is 0 Å². The number of hydrogen-bond acceptors (Lipinski definition) is 2. The van der Waals surface area contributed by atoms with Crippen molar-refractivity contribution in [1.29, 1.82) is 0 Å². The Hall–Kier alpha value is -0.470. The summed E-state index contributed by atoms with van der Waals surface area (Å²) < 4.78 is 0. The van der Waals surface area contributed by atoms with Gasteiger partial charge in [-0.05, 0) is 50.1 Å². The fourth-order valence-corrected chi connectivity index (χ4v) is 3.18. The SMILES string of the molecule is CCCNC(CCC)CCCCSc1ccccc1. The van der Waals surface area contributed by atoms with Crippen molar-refractivity contribution in [1.82, 2.24) is 5.32 Å². The Balaban J connectivity index is 2.07. The Kier molecular flexibility index (Phi) is 9.92. The monoisotopic (exact) mass is 279 g/mol. The van der Waals surface area contributed by atoms with Gasteiger partial charge in [0.15, 0.2) is 0 Å². The Morgan fingerprint density at radius 2 is 1.79 bits per heavy atom. The van der Waals surface area contributed by atoms with E-state index in [1.54, 1.807) is 0 Å². The molecule has 108 valence electrons. The van der Waals surface area contributed by atoms with E-state index < -0.39 is 0 Å². The van der Waals surface area contributed by atoms with Crippen molar-refractivity contribution < 1.29 is 0 Å². The van der Waals surface area contributed by atoms with Crippen LogP contribution in [0.4, 0.5) is 0 Å². The fourth-order valence-electron chi connectivity index (χ4n) is 2.24. The van der Waals surface area contributed by atoms with Crippen molar-refractivity contribution in [2.75, 3.05) is 12.3 Å². The zero-order valence-electron chi connectivity index (χ0n) is 12.5. The lowest BCUT2D eigenvalue weighted by atomic mass is 10.1. The second-order valence-electron chi connectivity index (χ2n) is 5.10. The van der Waals surface area contributed by atoms with Crippen LogP contribution < -0.4 is 5.32 Å². The summed E-state index contributed by atoms with van der Waals surface area (Å²) in [7, 11) is 0. The molecule has 1 nitrogen and oxygen atoms in total. The predicted octanol–water partition coefficient (Wildman–Crippen LogP) is 5.12. The van der Waals surface area contributed by atoms with Crippen molar-refractivity contribution in [2.45, 2.75) is 63.3 Å². The van der Waals surface area contributed by atoms with Gasteiger partial charge in [-0.2, -0.15) is 0 Å². The summed E-state index contributed by atoms with van der Waals surface area (Å²) in [5, 5.41) is 3.67. The smallest absolute Gasteiger partial charge is 0.00719 e. The van der Waals surface area contributed by atoms with E-state index in [4.69, 9.17) is 0 Å². The summed E-state index contributed by atoms with van der Waals surface area (Å²) in [4.78, 5) is 1.40. The molecule has 1 unspecified atom stereocenters. The number of rotatable bonds is 11. The van der Waals surface area contributed by atoms with Gasteiger partial charge in [0.1, 0.15) is 0 Å². The zero-order valence-corrected chi connectivity index (χ0v) is 13.3. The minimum atomic E-state index is 0.742. The predicted molar refractivity (Wildman–Crippen MR) is 88.0 cm³/mol. The lowest BCUT2D eigenvalue weighted by Crippen LogP contribution is -2.29. The Labute approximate surface area is 123 Å². The average molecular weight is 279 g/mol. The molecule has 1 aromatic carbocycles. The van der Waals surface area contributed by atoms with Gasteiger partial charge in [-0.25, -0.2) is 0 Å². The third kappa shape index (κ3) is 8.33. The van der Waals surface area contributed by atoms with Gasteiger partial charge in [0.25, 0.3) is 0 Å². The minimum Gasteiger partial charge on any atom is -0.314 e. The molecule has 0 aliphatic carbocycles. The molecule has 1 aromatic rings. The molecule has 19 heavy (non-hydrogen) atoms. The molecule has 0 saturated carbocycles. The van der Waals surface area contributed by atoms with Crippen molar-refractivity contribution >= 4 is 11.8 Å². The average Bonchev–Trinajstić information content (AvgIpc) is 2.45. The van der Waals surface area contributed by atoms with Gasteiger partial charge in [-0.15, -0.1) is 11.8 Å². The molecular weight excluding hydrogens is 250 g/mol. The molecule has 0 amide bonds. The lowest BCUT2D eigenvalue weighted by Gasteiger charge is -2.17. The molecule has 1 rings (SSSR count). The normalized spacial score (nSPS) is 12.5. The van der Waals surface area contributed by atoms with Crippen LogP contribution in [0.1, 0.15) is 52.4 Å². The van der Waals surface area contributed by atoms with Crippen LogP contribution in [0, 0.1) is 0 Å². The molecule has 0 bridgehead atoms. The highest BCUT2D eigenvalue weighted by Gasteiger charge is 2.05. The van der Waals surface area contributed by atoms with Gasteiger partial charge in [-0.1, -0.05) is 44.9 Å². The standard InChI is InChI=1S/C17H29NS/c1-3-10-16(18-14-4-2)11-8-9-15-19-17-12-6-5-7-13-17/h5-7,12-13,16,18H,3-4,8-11,14-15H2,1-2H3. The molecule has 1 atom stereocenters. The van der Waals surface area contributed by atoms with Crippen LogP contribution in [-0.4, -0.2) is 18.3 Å². The molecule has 0 aliphatic rings. The van der Waals surface area contributed by atoms with E-state index in [1.807, 2.05) is 11.8 Å². The number of thioether (sulfide) groups is 1. The summed E-state index contributed by atoms with van der Waals surface area (Å²) in [6.07, 6.45) is 7.87. The van der Waals surface area contributed by atoms with Gasteiger partial charge >= 0.3 is 0 Å². The van der Waals surface area contributed by atoms with Crippen LogP contribution in [0.2, 0.25) is 0 Å². The first-order chi connectivity index (χ1) is 9.36. The summed E-state index contributed by atoms with van der Waals surface area (Å²) in [5.41, 5.74) is 0. The molecule has 0 aromatic heterocycles. The Bertz CT molecular complexity index is 299. The highest BCUT2D eigenvalue weighted by Crippen LogP contribution is 2.19. The molecule has 0 saturated heterocycles. The summed E-state index contributed by atoms with van der Waals surface area (Å²) in [6.45, 7) is 5.70. The van der Waals surface area contributed by atoms with Crippen LogP contribution >= 0.6 is 11.8 Å². The molecule has 0 heterocycles. The zero-order chi connectivity index (χ0) is 13.8. The van der Waals surface area contributed by atoms with E-state index in [0.717, 1.165) is 6.04 Å². The van der Waals surface area contributed by atoms with Crippen LogP contribution in [0.5, 0.6) is 0 Å². The molecule has 0 spiro atoms. The molecule has 2 heteroatoms. The maximum Gasteiger partial charge on any atom is 0.00719 e. The third-order valence-corrected chi connectivity index (χ3v) is 4.38. The van der Waals surface area contributed by atoms with E-state index >= 15 is 0 Å². The first kappa shape index (κ1) is 16.6. The van der Waals surface area contributed by atoms with Crippen molar-refractivity contribution in [3.8, 4) is 0 Å². The number of hydrogen-bond donors (Lipinski definition) is 1. The van der Waals surface area contributed by atoms with Crippen molar-refractivity contribution in [3.05, 3.63) is 30.3 Å². The summed E-state index contributed by atoms with van der Waals surface area (Å²) >= 11 is 1.98. The number of unbranched alkanes of at least 4 members (excludes halogenated alkanes) is 1. The van der Waals surface area contributed by atoms with Crippen molar-refractivity contribution in [3.63, 3.8) is 0 Å². The highest BCUT2D eigenvalue weighted by atomic mass is 32.2. The van der Waals surface area contributed by atoms with E-state index in [0.29, 0.717) is 0 Å². The lowest BCUT2D eigenvalue weighted by molar-refractivity contribution is 0.436. The first-order valence-electron chi connectivity index (χ1n) is 7.78. The molecular formula is C17H29NS. The van der Waals surface area contributed by atoms with Crippen LogP contribution in [0.3, 0.4) is 0 Å². The minimum absolute atomic E-state index is 0.742. The quantitative estimate of drug-likeness (QED) is 0.446. The van der Waals surface area contributed by atoms with E-state index in [9.17, 15) is 0 Å². The number of nitrogens with one attached hydrogen (secondary N) is 1. The van der Waals surface area contributed by atoms with Crippen LogP contribution in [-0.2, 0) is 0 Å². The Morgan fingerprint density at radius 1 is 1.00 bits per heavy atom. The van der Waals surface area contributed by atoms with Gasteiger partial charge in [0, 0.05) is 10.9 Å². The number of benzene rings is 1. The van der Waals surface area contributed by atoms with Gasteiger partial charge in [-0.3, -0.25) is 0 Å². The van der Waals surface area contributed by atoms with Gasteiger partial charge in [0.05, 0.1) is 0 Å². The summed E-state index contributed by atoms with van der Waals surface area (Å²) in [5.74, 6) is 1.25. The van der Waals surface area contributed by atoms with E-state index in [-0.39, 0.29) is 0 Å². The Morgan fingerprint density at radius 3 is 2.47 bits per heavy atom. The molecule has 0 radical (unpaired) electrons. The third-order valence-electron chi connectivity index (χ3n) is 3.28. The van der Waals surface area contributed by atoms with Crippen LogP contribution in [0.25, 0.3) is 0 Å². The second kappa shape index (κ2) is 11.4. The highest BCUT2D eigenvalue weighted by molar-refractivity contribution is 7.99. The van der Waals surface area contributed by atoms with Gasteiger partial charge < -0.3 is 5.32 Å². The van der Waals surface area contributed by atoms with Crippen LogP contribution in [0.15, 0.2) is 35.2 Å². The maximum atomic E-state index is 3.67. The van der Waals surface area contributed by atoms with E-state index in [2.05, 4.69) is 49.5 Å². The molecule has 0 fully saturated rings. The maximum absolute atomic E-state index is 3.67. The topological polar surface area (TPSA) is 12.0 Å². The molecule has 1 N–H and O–H groups in total.